The molecule has 0 radical (unpaired) electrons. The monoisotopic (exact) mass is 287 g/mol. The van der Waals surface area contributed by atoms with Gasteiger partial charge in [0.15, 0.2) is 11.4 Å². The molecule has 0 unspecified atom stereocenters. The molecule has 0 atom stereocenters. The van der Waals surface area contributed by atoms with Gasteiger partial charge in [0, 0.05) is 31.4 Å². The quantitative estimate of drug-likeness (QED) is 0.554. The average Bonchev–Trinajstić information content (AvgIpc) is 3.15. The summed E-state index contributed by atoms with van der Waals surface area (Å²) >= 11 is 1.58. The van der Waals surface area contributed by atoms with Crippen molar-refractivity contribution < 1.29 is 9.47 Å². The zero-order valence-corrected chi connectivity index (χ0v) is 12.2. The number of nitrogens with one attached hydrogen (secondary N) is 1. The Kier molecular flexibility index (Phi) is 5.47. The van der Waals surface area contributed by atoms with E-state index in [0.29, 0.717) is 19.3 Å². The third-order valence-corrected chi connectivity index (χ3v) is 3.86. The largest absolute Gasteiger partial charge is 0.353 e. The molecule has 1 heterocycles. The minimum absolute atomic E-state index is 0.101. The van der Waals surface area contributed by atoms with Gasteiger partial charge in [0.25, 0.3) is 0 Å². The molecule has 1 aliphatic rings. The van der Waals surface area contributed by atoms with Crippen molar-refractivity contribution in [1.29, 1.82) is 0 Å². The van der Waals surface area contributed by atoms with Gasteiger partial charge < -0.3 is 9.47 Å². The van der Waals surface area contributed by atoms with Gasteiger partial charge in [-0.15, -0.1) is 5.10 Å². The second-order valence-electron chi connectivity index (χ2n) is 4.39. The van der Waals surface area contributed by atoms with Gasteiger partial charge in [-0.1, -0.05) is 11.8 Å². The molecule has 0 spiro atoms. The highest BCUT2D eigenvalue weighted by atomic mass is 32.2. The first kappa shape index (κ1) is 14.6. The summed E-state index contributed by atoms with van der Waals surface area (Å²) in [5.41, 5.74) is -0.101. The van der Waals surface area contributed by atoms with Gasteiger partial charge in [-0.3, -0.25) is 4.57 Å². The maximum atomic E-state index is 11.6. The van der Waals surface area contributed by atoms with Crippen LogP contribution in [0.15, 0.2) is 9.95 Å². The number of H-pyrrole nitrogens is 1. The Balaban J connectivity index is 1.83. The number of aromatic nitrogens is 3. The van der Waals surface area contributed by atoms with E-state index in [0.717, 1.165) is 30.2 Å². The van der Waals surface area contributed by atoms with Gasteiger partial charge in [0.05, 0.1) is 0 Å². The SMILES string of the molecule is CCOC(CCSc1n[nH]c(=O)n1C1CC1)OCC. The number of hydrogen-bond donors (Lipinski definition) is 1. The van der Waals surface area contributed by atoms with E-state index in [4.69, 9.17) is 9.47 Å². The van der Waals surface area contributed by atoms with E-state index in [1.165, 1.54) is 0 Å². The molecular formula is C12H21N3O3S. The normalized spacial score (nSPS) is 15.3. The van der Waals surface area contributed by atoms with Crippen molar-refractivity contribution in [3.63, 3.8) is 0 Å². The summed E-state index contributed by atoms with van der Waals surface area (Å²) in [4.78, 5) is 11.6. The lowest BCUT2D eigenvalue weighted by atomic mass is 10.5. The first-order valence-electron chi connectivity index (χ1n) is 6.79. The molecule has 1 saturated carbocycles. The second-order valence-corrected chi connectivity index (χ2v) is 5.45. The van der Waals surface area contributed by atoms with Crippen molar-refractivity contribution in [2.24, 2.45) is 0 Å². The Morgan fingerprint density at radius 2 is 2.11 bits per heavy atom. The molecule has 19 heavy (non-hydrogen) atoms. The lowest BCUT2D eigenvalue weighted by molar-refractivity contribution is -0.136. The molecule has 1 aromatic rings. The van der Waals surface area contributed by atoms with Crippen molar-refractivity contribution in [2.75, 3.05) is 19.0 Å². The zero-order chi connectivity index (χ0) is 13.7. The van der Waals surface area contributed by atoms with Crippen molar-refractivity contribution >= 4 is 11.8 Å². The molecule has 1 fully saturated rings. The van der Waals surface area contributed by atoms with Gasteiger partial charge in [-0.2, -0.15) is 0 Å². The molecule has 1 aliphatic carbocycles. The fourth-order valence-corrected chi connectivity index (χ4v) is 2.85. The van der Waals surface area contributed by atoms with Gasteiger partial charge >= 0.3 is 5.69 Å². The fourth-order valence-electron chi connectivity index (χ4n) is 1.88. The smallest absolute Gasteiger partial charge is 0.344 e. The van der Waals surface area contributed by atoms with Gasteiger partial charge in [0.1, 0.15) is 0 Å². The van der Waals surface area contributed by atoms with Crippen LogP contribution in [0.25, 0.3) is 0 Å². The molecule has 0 amide bonds. The van der Waals surface area contributed by atoms with Crippen molar-refractivity contribution in [3.05, 3.63) is 10.5 Å². The highest BCUT2D eigenvalue weighted by molar-refractivity contribution is 7.99. The Morgan fingerprint density at radius 1 is 1.42 bits per heavy atom. The summed E-state index contributed by atoms with van der Waals surface area (Å²) in [6.45, 7) is 5.20. The molecule has 6 nitrogen and oxygen atoms in total. The Bertz CT molecular complexity index is 436. The fraction of sp³-hybridized carbons (Fsp3) is 0.833. The van der Waals surface area contributed by atoms with E-state index in [9.17, 15) is 4.79 Å². The van der Waals surface area contributed by atoms with E-state index in [2.05, 4.69) is 10.2 Å². The Labute approximate surface area is 116 Å². The highest BCUT2D eigenvalue weighted by Crippen LogP contribution is 2.36. The molecule has 0 saturated heterocycles. The molecule has 2 rings (SSSR count). The first-order valence-corrected chi connectivity index (χ1v) is 7.77. The third kappa shape index (κ3) is 4.09. The highest BCUT2D eigenvalue weighted by Gasteiger charge is 2.28. The summed E-state index contributed by atoms with van der Waals surface area (Å²) < 4.78 is 12.7. The molecule has 1 aromatic heterocycles. The number of nitrogens with zero attached hydrogens (tertiary/aromatic N) is 2. The number of aromatic amines is 1. The van der Waals surface area contributed by atoms with Crippen LogP contribution in [0.3, 0.4) is 0 Å². The predicted octanol–water partition coefficient (Wildman–Crippen LogP) is 1.79. The molecule has 7 heteroatoms. The molecular weight excluding hydrogens is 266 g/mol. The van der Waals surface area contributed by atoms with Crippen LogP contribution in [0.2, 0.25) is 0 Å². The number of ether oxygens (including phenoxy) is 2. The number of rotatable bonds is 9. The molecule has 0 aromatic carbocycles. The molecule has 108 valence electrons. The number of hydrogen-bond acceptors (Lipinski definition) is 5. The van der Waals surface area contributed by atoms with E-state index >= 15 is 0 Å². The predicted molar refractivity (Wildman–Crippen MR) is 73.5 cm³/mol. The van der Waals surface area contributed by atoms with Crippen molar-refractivity contribution in [3.8, 4) is 0 Å². The van der Waals surface area contributed by atoms with Crippen LogP contribution in [-0.2, 0) is 9.47 Å². The Morgan fingerprint density at radius 3 is 2.68 bits per heavy atom. The van der Waals surface area contributed by atoms with E-state index in [-0.39, 0.29) is 12.0 Å². The van der Waals surface area contributed by atoms with Crippen LogP contribution >= 0.6 is 11.8 Å². The summed E-state index contributed by atoms with van der Waals surface area (Å²) in [6, 6.07) is 0.350. The van der Waals surface area contributed by atoms with E-state index in [1.807, 2.05) is 13.8 Å². The van der Waals surface area contributed by atoms with Crippen LogP contribution in [0, 0.1) is 0 Å². The average molecular weight is 287 g/mol. The van der Waals surface area contributed by atoms with Crippen LogP contribution in [0.5, 0.6) is 0 Å². The van der Waals surface area contributed by atoms with Crippen molar-refractivity contribution in [2.45, 2.75) is 50.6 Å². The van der Waals surface area contributed by atoms with Gasteiger partial charge in [-0.05, 0) is 26.7 Å². The summed E-state index contributed by atoms with van der Waals surface area (Å²) in [7, 11) is 0. The lowest BCUT2D eigenvalue weighted by Crippen LogP contribution is -2.18. The second kappa shape index (κ2) is 7.12. The minimum Gasteiger partial charge on any atom is -0.353 e. The third-order valence-electron chi connectivity index (χ3n) is 2.87. The van der Waals surface area contributed by atoms with Crippen LogP contribution < -0.4 is 5.69 Å². The summed E-state index contributed by atoms with van der Waals surface area (Å²) in [6.07, 6.45) is 2.78. The topological polar surface area (TPSA) is 69.1 Å². The summed E-state index contributed by atoms with van der Waals surface area (Å²) in [5, 5.41) is 7.37. The van der Waals surface area contributed by atoms with Crippen molar-refractivity contribution in [1.82, 2.24) is 14.8 Å². The van der Waals surface area contributed by atoms with Crippen LogP contribution in [-0.4, -0.2) is 40.0 Å². The van der Waals surface area contributed by atoms with E-state index in [1.54, 1.807) is 16.3 Å². The molecule has 0 aliphatic heterocycles. The number of thioether (sulfide) groups is 1. The van der Waals surface area contributed by atoms with Gasteiger partial charge in [-0.25, -0.2) is 9.89 Å². The summed E-state index contributed by atoms with van der Waals surface area (Å²) in [5.74, 6) is 0.821. The maximum Gasteiger partial charge on any atom is 0.344 e. The molecule has 1 N–H and O–H groups in total. The first-order chi connectivity index (χ1) is 9.26. The van der Waals surface area contributed by atoms with Crippen LogP contribution in [0.4, 0.5) is 0 Å². The minimum atomic E-state index is -0.164. The maximum absolute atomic E-state index is 11.6. The lowest BCUT2D eigenvalue weighted by Gasteiger charge is -2.16. The molecule has 0 bridgehead atoms. The Hall–Kier alpha value is -0.790. The standard InChI is InChI=1S/C12H21N3O3S/c1-3-17-10(18-4-2)7-8-19-12-14-13-11(16)15(12)9-5-6-9/h9-10H,3-8H2,1-2H3,(H,13,16). The van der Waals surface area contributed by atoms with Crippen LogP contribution in [0.1, 0.15) is 39.2 Å². The zero-order valence-electron chi connectivity index (χ0n) is 11.4. The van der Waals surface area contributed by atoms with Gasteiger partial charge in [0.2, 0.25) is 0 Å². The van der Waals surface area contributed by atoms with E-state index < -0.39 is 0 Å².